The first-order chi connectivity index (χ1) is 13.8. The third kappa shape index (κ3) is 7.16. The van der Waals surface area contributed by atoms with Crippen LogP contribution in [-0.4, -0.2) is 71.4 Å². The van der Waals surface area contributed by atoms with Crippen molar-refractivity contribution in [2.75, 3.05) is 38.7 Å². The average molecular weight is 405 g/mol. The Morgan fingerprint density at radius 3 is 2.66 bits per heavy atom. The maximum absolute atomic E-state index is 12.6. The number of anilines is 1. The van der Waals surface area contributed by atoms with E-state index in [1.165, 1.54) is 4.90 Å². The number of para-hydroxylation sites is 2. The number of carbonyl (C=O) groups is 1. The van der Waals surface area contributed by atoms with E-state index in [-0.39, 0.29) is 25.3 Å². The summed E-state index contributed by atoms with van der Waals surface area (Å²) in [5.41, 5.74) is 3.32. The van der Waals surface area contributed by atoms with E-state index >= 15 is 0 Å². The number of urea groups is 1. The molecular weight excluding hydrogens is 372 g/mol. The molecule has 1 aromatic heterocycles. The Balaban J connectivity index is 1.89. The molecule has 0 spiro atoms. The lowest BCUT2D eigenvalue weighted by molar-refractivity contribution is -0.0144. The van der Waals surface area contributed by atoms with Crippen molar-refractivity contribution in [3.05, 3.63) is 41.7 Å². The minimum atomic E-state index is -0.781. The molecule has 1 aromatic carbocycles. The maximum Gasteiger partial charge on any atom is 0.321 e. The van der Waals surface area contributed by atoms with Crippen LogP contribution in [-0.2, 0) is 9.47 Å². The number of nitrogens with zero attached hydrogens (tertiary/aromatic N) is 3. The molecular formula is C21H32N4O4. The van der Waals surface area contributed by atoms with Gasteiger partial charge in [-0.25, -0.2) is 9.48 Å². The molecule has 0 radical (unpaired) electrons. The van der Waals surface area contributed by atoms with Crippen molar-refractivity contribution in [2.24, 2.45) is 0 Å². The molecule has 2 amide bonds. The summed E-state index contributed by atoms with van der Waals surface area (Å²) in [6.07, 6.45) is -0.633. The summed E-state index contributed by atoms with van der Waals surface area (Å²) < 4.78 is 12.6. The minimum absolute atomic E-state index is 0.140. The average Bonchev–Trinajstić information content (AvgIpc) is 2.99. The molecule has 2 rings (SSSR count). The molecule has 0 bridgehead atoms. The van der Waals surface area contributed by atoms with E-state index in [1.807, 2.05) is 58.0 Å². The molecule has 0 aliphatic carbocycles. The summed E-state index contributed by atoms with van der Waals surface area (Å²) in [5, 5.41) is 17.5. The van der Waals surface area contributed by atoms with E-state index in [4.69, 9.17) is 9.47 Å². The van der Waals surface area contributed by atoms with Crippen LogP contribution in [0.25, 0.3) is 5.69 Å². The third-order valence-electron chi connectivity index (χ3n) is 4.20. The molecule has 0 aliphatic rings. The fraction of sp³-hybridized carbons (Fsp3) is 0.524. The van der Waals surface area contributed by atoms with Gasteiger partial charge in [0.05, 0.1) is 55.6 Å². The van der Waals surface area contributed by atoms with Gasteiger partial charge in [0.15, 0.2) is 0 Å². The van der Waals surface area contributed by atoms with Crippen molar-refractivity contribution in [1.29, 1.82) is 0 Å². The first kappa shape index (κ1) is 22.9. The molecule has 0 saturated carbocycles. The van der Waals surface area contributed by atoms with E-state index < -0.39 is 6.10 Å². The van der Waals surface area contributed by atoms with E-state index in [1.54, 1.807) is 11.7 Å². The van der Waals surface area contributed by atoms with E-state index in [9.17, 15) is 9.90 Å². The molecule has 1 unspecified atom stereocenters. The number of aromatic nitrogens is 2. The second kappa shape index (κ2) is 10.9. The van der Waals surface area contributed by atoms with Crippen LogP contribution < -0.4 is 5.32 Å². The Morgan fingerprint density at radius 1 is 1.28 bits per heavy atom. The molecule has 160 valence electrons. The lowest BCUT2D eigenvalue weighted by Crippen LogP contribution is -2.39. The number of carbonyl (C=O) groups excluding carboxylic acids is 1. The van der Waals surface area contributed by atoms with E-state index in [2.05, 4.69) is 10.4 Å². The van der Waals surface area contributed by atoms with Gasteiger partial charge >= 0.3 is 6.03 Å². The summed E-state index contributed by atoms with van der Waals surface area (Å²) in [6.45, 7) is 8.97. The molecule has 8 nitrogen and oxygen atoms in total. The highest BCUT2D eigenvalue weighted by Gasteiger charge is 2.16. The van der Waals surface area contributed by atoms with Crippen molar-refractivity contribution < 1.29 is 19.4 Å². The molecule has 2 N–H and O–H groups in total. The topological polar surface area (TPSA) is 88.9 Å². The Bertz CT molecular complexity index is 791. The zero-order valence-corrected chi connectivity index (χ0v) is 17.9. The lowest BCUT2D eigenvalue weighted by atomic mass is 10.2. The third-order valence-corrected chi connectivity index (χ3v) is 4.20. The van der Waals surface area contributed by atoms with Gasteiger partial charge in [0.1, 0.15) is 0 Å². The lowest BCUT2D eigenvalue weighted by Gasteiger charge is -2.22. The minimum Gasteiger partial charge on any atom is -0.389 e. The van der Waals surface area contributed by atoms with Crippen LogP contribution in [0.4, 0.5) is 10.5 Å². The summed E-state index contributed by atoms with van der Waals surface area (Å²) in [6, 6.07) is 9.14. The molecule has 8 heteroatoms. The predicted octanol–water partition coefficient (Wildman–Crippen LogP) is 2.76. The zero-order valence-electron chi connectivity index (χ0n) is 17.9. The first-order valence-electron chi connectivity index (χ1n) is 9.80. The van der Waals surface area contributed by atoms with Gasteiger partial charge in [0.2, 0.25) is 0 Å². The number of ether oxygens (including phenoxy) is 2. The van der Waals surface area contributed by atoms with Crippen molar-refractivity contribution in [2.45, 2.75) is 39.9 Å². The van der Waals surface area contributed by atoms with Gasteiger partial charge in [0, 0.05) is 12.7 Å². The molecule has 1 atom stereocenters. The molecule has 29 heavy (non-hydrogen) atoms. The Kier molecular flexibility index (Phi) is 8.63. The van der Waals surface area contributed by atoms with Crippen molar-refractivity contribution in [1.82, 2.24) is 14.7 Å². The molecule has 0 aliphatic heterocycles. The highest BCUT2D eigenvalue weighted by molar-refractivity contribution is 5.91. The standard InChI is InChI=1S/C21H32N4O4/c1-15(2)29-11-10-28-14-18(26)13-24(5)21(27)22-19-8-6-7-9-20(19)25-17(4)12-16(3)23-25/h6-9,12,15,18,26H,10-11,13-14H2,1-5H3,(H,22,27). The summed E-state index contributed by atoms with van der Waals surface area (Å²) in [5.74, 6) is 0. The number of benzene rings is 1. The molecule has 1 heterocycles. The summed E-state index contributed by atoms with van der Waals surface area (Å²) in [7, 11) is 1.63. The normalized spacial score (nSPS) is 12.2. The fourth-order valence-electron chi connectivity index (χ4n) is 2.86. The quantitative estimate of drug-likeness (QED) is 0.595. The number of nitrogens with one attached hydrogen (secondary N) is 1. The van der Waals surface area contributed by atoms with Crippen LogP contribution in [0.3, 0.4) is 0 Å². The maximum atomic E-state index is 12.6. The van der Waals surface area contributed by atoms with Crippen LogP contribution in [0.1, 0.15) is 25.2 Å². The van der Waals surface area contributed by atoms with Crippen molar-refractivity contribution in [3.8, 4) is 5.69 Å². The van der Waals surface area contributed by atoms with Gasteiger partial charge in [0.25, 0.3) is 0 Å². The number of hydrogen-bond acceptors (Lipinski definition) is 5. The van der Waals surface area contributed by atoms with Crippen LogP contribution >= 0.6 is 0 Å². The smallest absolute Gasteiger partial charge is 0.321 e. The first-order valence-corrected chi connectivity index (χ1v) is 9.80. The van der Waals surface area contributed by atoms with E-state index in [0.717, 1.165) is 17.1 Å². The Labute approximate surface area is 172 Å². The van der Waals surface area contributed by atoms with Gasteiger partial charge in [-0.05, 0) is 45.9 Å². The molecule has 2 aromatic rings. The number of aryl methyl sites for hydroxylation is 2. The number of rotatable bonds is 10. The Morgan fingerprint density at radius 2 is 2.00 bits per heavy atom. The van der Waals surface area contributed by atoms with Gasteiger partial charge in [-0.1, -0.05) is 12.1 Å². The number of hydrogen-bond donors (Lipinski definition) is 2. The zero-order chi connectivity index (χ0) is 21.4. The number of aliphatic hydroxyl groups excluding tert-OH is 1. The Hall–Kier alpha value is -2.42. The largest absolute Gasteiger partial charge is 0.389 e. The van der Waals surface area contributed by atoms with Crippen LogP contribution in [0.2, 0.25) is 0 Å². The molecule has 0 saturated heterocycles. The summed E-state index contributed by atoms with van der Waals surface area (Å²) >= 11 is 0. The van der Waals surface area contributed by atoms with E-state index in [0.29, 0.717) is 18.9 Å². The van der Waals surface area contributed by atoms with Gasteiger partial charge in [-0.2, -0.15) is 5.10 Å². The van der Waals surface area contributed by atoms with Crippen LogP contribution in [0, 0.1) is 13.8 Å². The van der Waals surface area contributed by atoms with Gasteiger partial charge < -0.3 is 24.8 Å². The van der Waals surface area contributed by atoms with Gasteiger partial charge in [-0.3, -0.25) is 0 Å². The number of amides is 2. The van der Waals surface area contributed by atoms with Gasteiger partial charge in [-0.15, -0.1) is 0 Å². The van der Waals surface area contributed by atoms with Crippen LogP contribution in [0.5, 0.6) is 0 Å². The monoisotopic (exact) mass is 404 g/mol. The van der Waals surface area contributed by atoms with Crippen molar-refractivity contribution in [3.63, 3.8) is 0 Å². The molecule has 0 fully saturated rings. The van der Waals surface area contributed by atoms with Crippen LogP contribution in [0.15, 0.2) is 30.3 Å². The summed E-state index contributed by atoms with van der Waals surface area (Å²) in [4.78, 5) is 14.0. The second-order valence-electron chi connectivity index (χ2n) is 7.32. The fourth-order valence-corrected chi connectivity index (χ4v) is 2.86. The second-order valence-corrected chi connectivity index (χ2v) is 7.32. The SMILES string of the molecule is Cc1cc(C)n(-c2ccccc2NC(=O)N(C)CC(O)COCCOC(C)C)n1. The highest BCUT2D eigenvalue weighted by Crippen LogP contribution is 2.21. The highest BCUT2D eigenvalue weighted by atomic mass is 16.5. The number of aliphatic hydroxyl groups is 1. The predicted molar refractivity (Wildman–Crippen MR) is 113 cm³/mol. The van der Waals surface area contributed by atoms with Crippen molar-refractivity contribution >= 4 is 11.7 Å². The number of likely N-dealkylation sites (N-methyl/N-ethyl adjacent to an activating group) is 1.